The van der Waals surface area contributed by atoms with E-state index < -0.39 is 0 Å². The van der Waals surface area contributed by atoms with Crippen LogP contribution in [0.5, 0.6) is 0 Å². The minimum atomic E-state index is 0.643. The normalized spacial score (nSPS) is 22.1. The summed E-state index contributed by atoms with van der Waals surface area (Å²) in [5.74, 6) is 0. The van der Waals surface area contributed by atoms with Crippen LogP contribution in [0.15, 0.2) is 18.2 Å². The van der Waals surface area contributed by atoms with Crippen LogP contribution in [0.2, 0.25) is 0 Å². The van der Waals surface area contributed by atoms with Gasteiger partial charge in [0.15, 0.2) is 0 Å². The summed E-state index contributed by atoms with van der Waals surface area (Å²) in [6.45, 7) is 10.1. The molecule has 1 aliphatic heterocycles. The van der Waals surface area contributed by atoms with Crippen molar-refractivity contribution in [2.24, 2.45) is 0 Å². The molecule has 94 valence electrons. The number of aryl methyl sites for hydroxylation is 2. The molecular weight excluding hydrogens is 208 g/mol. The molecule has 2 nitrogen and oxygen atoms in total. The van der Waals surface area contributed by atoms with Gasteiger partial charge in [-0.1, -0.05) is 6.07 Å². The standard InChI is InChI=1S/C15H24N2/c1-12-5-6-15(11-13(12)2)17-9-4-8-16-14(3)7-10-17/h5-6,11,14,16H,4,7-10H2,1-3H3. The summed E-state index contributed by atoms with van der Waals surface area (Å²) >= 11 is 0. The van der Waals surface area contributed by atoms with Gasteiger partial charge in [0, 0.05) is 24.8 Å². The molecule has 2 rings (SSSR count). The smallest absolute Gasteiger partial charge is 0.0369 e. The molecule has 0 aromatic heterocycles. The van der Waals surface area contributed by atoms with Gasteiger partial charge in [-0.15, -0.1) is 0 Å². The van der Waals surface area contributed by atoms with E-state index in [1.54, 1.807) is 0 Å². The van der Waals surface area contributed by atoms with E-state index in [9.17, 15) is 0 Å². The molecule has 1 heterocycles. The van der Waals surface area contributed by atoms with Crippen molar-refractivity contribution in [1.29, 1.82) is 0 Å². The first kappa shape index (κ1) is 12.4. The summed E-state index contributed by atoms with van der Waals surface area (Å²) < 4.78 is 0. The van der Waals surface area contributed by atoms with Crippen LogP contribution >= 0.6 is 0 Å². The Morgan fingerprint density at radius 1 is 1.18 bits per heavy atom. The maximum atomic E-state index is 3.55. The molecular formula is C15H24N2. The van der Waals surface area contributed by atoms with E-state index in [0.717, 1.165) is 13.1 Å². The third-order valence-corrected chi connectivity index (χ3v) is 3.79. The minimum absolute atomic E-state index is 0.643. The van der Waals surface area contributed by atoms with Crippen molar-refractivity contribution in [3.63, 3.8) is 0 Å². The fourth-order valence-corrected chi connectivity index (χ4v) is 2.36. The van der Waals surface area contributed by atoms with E-state index in [1.807, 2.05) is 0 Å². The van der Waals surface area contributed by atoms with Crippen molar-refractivity contribution in [3.8, 4) is 0 Å². The minimum Gasteiger partial charge on any atom is -0.371 e. The number of hydrogen-bond donors (Lipinski definition) is 1. The average Bonchev–Trinajstić information content (AvgIpc) is 2.28. The van der Waals surface area contributed by atoms with E-state index in [4.69, 9.17) is 0 Å². The first-order chi connectivity index (χ1) is 8.16. The molecule has 0 saturated carbocycles. The van der Waals surface area contributed by atoms with Crippen molar-refractivity contribution >= 4 is 5.69 Å². The Hall–Kier alpha value is -1.02. The summed E-state index contributed by atoms with van der Waals surface area (Å²) in [6, 6.07) is 7.48. The molecule has 17 heavy (non-hydrogen) atoms. The lowest BCUT2D eigenvalue weighted by Crippen LogP contribution is -2.38. The zero-order valence-corrected chi connectivity index (χ0v) is 11.3. The van der Waals surface area contributed by atoms with Crippen LogP contribution in [0, 0.1) is 13.8 Å². The highest BCUT2D eigenvalue weighted by atomic mass is 15.1. The van der Waals surface area contributed by atoms with Crippen LogP contribution < -0.4 is 10.2 Å². The maximum Gasteiger partial charge on any atom is 0.0369 e. The van der Waals surface area contributed by atoms with E-state index in [-0.39, 0.29) is 0 Å². The zero-order valence-electron chi connectivity index (χ0n) is 11.3. The highest BCUT2D eigenvalue weighted by molar-refractivity contribution is 5.50. The molecule has 0 aliphatic carbocycles. The zero-order chi connectivity index (χ0) is 12.3. The van der Waals surface area contributed by atoms with Gasteiger partial charge in [-0.25, -0.2) is 0 Å². The molecule has 2 heteroatoms. The second-order valence-electron chi connectivity index (χ2n) is 5.25. The van der Waals surface area contributed by atoms with Gasteiger partial charge in [0.1, 0.15) is 0 Å². The lowest BCUT2D eigenvalue weighted by molar-refractivity contribution is 0.475. The summed E-state index contributed by atoms with van der Waals surface area (Å²) in [5, 5.41) is 3.55. The van der Waals surface area contributed by atoms with Crippen molar-refractivity contribution in [3.05, 3.63) is 29.3 Å². The van der Waals surface area contributed by atoms with Crippen molar-refractivity contribution in [1.82, 2.24) is 5.32 Å². The molecule has 0 bridgehead atoms. The lowest BCUT2D eigenvalue weighted by Gasteiger charge is -2.30. The molecule has 1 fully saturated rings. The summed E-state index contributed by atoms with van der Waals surface area (Å²) in [7, 11) is 0. The third-order valence-electron chi connectivity index (χ3n) is 3.79. The summed E-state index contributed by atoms with van der Waals surface area (Å²) in [5.41, 5.74) is 4.17. The molecule has 0 spiro atoms. The quantitative estimate of drug-likeness (QED) is 0.801. The van der Waals surface area contributed by atoms with Gasteiger partial charge in [0.2, 0.25) is 0 Å². The first-order valence-corrected chi connectivity index (χ1v) is 6.72. The van der Waals surface area contributed by atoms with Crippen LogP contribution in [0.4, 0.5) is 5.69 Å². The summed E-state index contributed by atoms with van der Waals surface area (Å²) in [6.07, 6.45) is 2.46. The van der Waals surface area contributed by atoms with Crippen LogP contribution in [-0.2, 0) is 0 Å². The Morgan fingerprint density at radius 3 is 2.76 bits per heavy atom. The Bertz CT molecular complexity index is 373. The van der Waals surface area contributed by atoms with Crippen LogP contribution in [0.3, 0.4) is 0 Å². The second-order valence-corrected chi connectivity index (χ2v) is 5.25. The van der Waals surface area contributed by atoms with Gasteiger partial charge >= 0.3 is 0 Å². The fraction of sp³-hybridized carbons (Fsp3) is 0.600. The van der Waals surface area contributed by atoms with Crippen molar-refractivity contribution in [2.45, 2.75) is 39.7 Å². The molecule has 1 saturated heterocycles. The molecule has 1 atom stereocenters. The molecule has 1 unspecified atom stereocenters. The lowest BCUT2D eigenvalue weighted by atomic mass is 10.1. The van der Waals surface area contributed by atoms with E-state index >= 15 is 0 Å². The number of rotatable bonds is 1. The number of nitrogens with zero attached hydrogens (tertiary/aromatic N) is 1. The Balaban J connectivity index is 2.10. The number of benzene rings is 1. The van der Waals surface area contributed by atoms with E-state index in [0.29, 0.717) is 6.04 Å². The average molecular weight is 232 g/mol. The van der Waals surface area contributed by atoms with E-state index in [1.165, 1.54) is 36.2 Å². The Kier molecular flexibility index (Phi) is 4.06. The molecule has 1 N–H and O–H groups in total. The largest absolute Gasteiger partial charge is 0.371 e. The number of nitrogens with one attached hydrogen (secondary N) is 1. The Labute approximate surface area is 105 Å². The number of anilines is 1. The van der Waals surface area contributed by atoms with Gasteiger partial charge in [0.05, 0.1) is 0 Å². The summed E-state index contributed by atoms with van der Waals surface area (Å²) in [4.78, 5) is 2.53. The monoisotopic (exact) mass is 232 g/mol. The van der Waals surface area contributed by atoms with Crippen molar-refractivity contribution < 1.29 is 0 Å². The fourth-order valence-electron chi connectivity index (χ4n) is 2.36. The SMILES string of the molecule is Cc1ccc(N2CCCNC(C)CC2)cc1C. The molecule has 1 aromatic carbocycles. The van der Waals surface area contributed by atoms with Crippen molar-refractivity contribution in [2.75, 3.05) is 24.5 Å². The number of hydrogen-bond acceptors (Lipinski definition) is 2. The van der Waals surface area contributed by atoms with Crippen LogP contribution in [-0.4, -0.2) is 25.7 Å². The maximum absolute atomic E-state index is 3.55. The van der Waals surface area contributed by atoms with Gasteiger partial charge in [-0.2, -0.15) is 0 Å². The van der Waals surface area contributed by atoms with Gasteiger partial charge in [0.25, 0.3) is 0 Å². The second kappa shape index (κ2) is 5.54. The van der Waals surface area contributed by atoms with Gasteiger partial charge in [-0.3, -0.25) is 0 Å². The highest BCUT2D eigenvalue weighted by Crippen LogP contribution is 2.20. The molecule has 0 amide bonds. The van der Waals surface area contributed by atoms with Crippen LogP contribution in [0.25, 0.3) is 0 Å². The molecule has 1 aromatic rings. The topological polar surface area (TPSA) is 15.3 Å². The Morgan fingerprint density at radius 2 is 2.00 bits per heavy atom. The molecule has 0 radical (unpaired) electrons. The third kappa shape index (κ3) is 3.22. The molecule has 1 aliphatic rings. The van der Waals surface area contributed by atoms with Crippen LogP contribution in [0.1, 0.15) is 30.9 Å². The highest BCUT2D eigenvalue weighted by Gasteiger charge is 2.12. The first-order valence-electron chi connectivity index (χ1n) is 6.72. The van der Waals surface area contributed by atoms with E-state index in [2.05, 4.69) is 49.2 Å². The predicted molar refractivity (Wildman–Crippen MR) is 74.8 cm³/mol. The van der Waals surface area contributed by atoms with Gasteiger partial charge in [-0.05, 0) is 63.4 Å². The van der Waals surface area contributed by atoms with Gasteiger partial charge < -0.3 is 10.2 Å². The predicted octanol–water partition coefficient (Wildman–Crippen LogP) is 2.88.